The highest BCUT2D eigenvalue weighted by Gasteiger charge is 2.24. The Morgan fingerprint density at radius 2 is 1.13 bits per heavy atom. The summed E-state index contributed by atoms with van der Waals surface area (Å²) in [6.45, 7) is 6.90. The molecule has 2 saturated heterocycles. The third-order valence-corrected chi connectivity index (χ3v) is 9.74. The molecule has 0 spiro atoms. The number of fused-ring (bicyclic) bond motifs is 2. The number of nitrogens with zero attached hydrogens (tertiary/aromatic N) is 8. The zero-order chi connectivity index (χ0) is 36.9. The summed E-state index contributed by atoms with van der Waals surface area (Å²) in [5, 5.41) is 26.5. The van der Waals surface area contributed by atoms with Crippen LogP contribution in [0.1, 0.15) is 67.7 Å². The number of aryl methyl sites for hydroxylation is 2. The molecule has 2 aliphatic rings. The van der Waals surface area contributed by atoms with Gasteiger partial charge in [0.15, 0.2) is 16.9 Å². The number of ether oxygens (including phenoxy) is 2. The van der Waals surface area contributed by atoms with E-state index in [2.05, 4.69) is 15.1 Å². The van der Waals surface area contributed by atoms with E-state index < -0.39 is 7.12 Å². The molecule has 0 saturated carbocycles. The van der Waals surface area contributed by atoms with Gasteiger partial charge in [-0.3, -0.25) is 18.7 Å². The predicted molar refractivity (Wildman–Crippen MR) is 205 cm³/mol. The first kappa shape index (κ1) is 39.5. The van der Waals surface area contributed by atoms with Crippen molar-refractivity contribution in [3.05, 3.63) is 110 Å². The molecule has 2 aliphatic heterocycles. The Balaban J connectivity index is 0.000000165. The van der Waals surface area contributed by atoms with Gasteiger partial charge in [0.1, 0.15) is 11.6 Å². The number of hydrogen-bond acceptors (Lipinski definition) is 10. The molecule has 0 aliphatic carbocycles. The van der Waals surface area contributed by atoms with Crippen molar-refractivity contribution >= 4 is 35.2 Å². The summed E-state index contributed by atoms with van der Waals surface area (Å²) in [6.07, 6.45) is 6.82. The van der Waals surface area contributed by atoms with Crippen LogP contribution in [0.4, 0.5) is 0 Å². The first-order chi connectivity index (χ1) is 25.0. The van der Waals surface area contributed by atoms with Gasteiger partial charge in [0.2, 0.25) is 5.28 Å². The second-order valence-electron chi connectivity index (χ2n) is 13.1. The normalized spacial score (nSPS) is 14.9. The molecule has 8 rings (SSSR count). The second kappa shape index (κ2) is 17.4. The standard InChI is InChI=1S/C18H20N4O2.C11H13ClN4O2.C7H9BO2.CH4/c1-12-3-5-13(6-4-12)17-20-22-15(18(23)21(17)2)11-19-16(22)14-7-9-24-10-8-14;1-15-10(17)8-6-13-9(16(8)14-11(15)12)7-2-4-18-5-3-7;1-6-2-4-7(5-3-6)8(9)10;/h3-6,11,14H,7-10H2,1-2H3;6-7H,2-5H2,1H3;2-5,9-10H,1H3;1H4. The summed E-state index contributed by atoms with van der Waals surface area (Å²) in [5.41, 5.74) is 4.48. The third kappa shape index (κ3) is 8.77. The predicted octanol–water partition coefficient (Wildman–Crippen LogP) is 3.58. The van der Waals surface area contributed by atoms with Crippen LogP contribution in [0.2, 0.25) is 5.28 Å². The van der Waals surface area contributed by atoms with Crippen LogP contribution in [-0.4, -0.2) is 81.9 Å². The summed E-state index contributed by atoms with van der Waals surface area (Å²) >= 11 is 5.94. The number of rotatable bonds is 4. The minimum absolute atomic E-state index is 0. The fraction of sp³-hybridized carbons (Fsp3) is 0.405. The van der Waals surface area contributed by atoms with E-state index in [9.17, 15) is 9.59 Å². The fourth-order valence-corrected chi connectivity index (χ4v) is 6.37. The molecule has 16 heteroatoms. The lowest BCUT2D eigenvalue weighted by Gasteiger charge is -2.20. The van der Waals surface area contributed by atoms with Crippen molar-refractivity contribution in [3.8, 4) is 11.4 Å². The third-order valence-electron chi connectivity index (χ3n) is 9.41. The minimum atomic E-state index is -1.35. The van der Waals surface area contributed by atoms with Crippen LogP contribution in [0.3, 0.4) is 0 Å². The summed E-state index contributed by atoms with van der Waals surface area (Å²) in [6, 6.07) is 15.1. The van der Waals surface area contributed by atoms with Gasteiger partial charge in [-0.2, -0.15) is 0 Å². The van der Waals surface area contributed by atoms with E-state index in [4.69, 9.17) is 36.2 Å². The zero-order valence-corrected chi connectivity index (χ0v) is 30.4. The van der Waals surface area contributed by atoms with E-state index in [0.717, 1.165) is 74.9 Å². The van der Waals surface area contributed by atoms with Crippen molar-refractivity contribution in [1.29, 1.82) is 0 Å². The fourth-order valence-electron chi connectivity index (χ4n) is 6.22. The topological polar surface area (TPSA) is 163 Å². The Morgan fingerprint density at radius 3 is 1.60 bits per heavy atom. The molecular formula is C37H46BClN8O6. The minimum Gasteiger partial charge on any atom is -0.423 e. The maximum atomic E-state index is 12.7. The average molecular weight is 745 g/mol. The number of halogens is 1. The van der Waals surface area contributed by atoms with E-state index in [0.29, 0.717) is 22.3 Å². The molecule has 2 N–H and O–H groups in total. The highest BCUT2D eigenvalue weighted by molar-refractivity contribution is 6.58. The molecule has 2 fully saturated rings. The molecule has 0 bridgehead atoms. The largest absolute Gasteiger partial charge is 0.488 e. The Bertz CT molecular complexity index is 2250. The van der Waals surface area contributed by atoms with Gasteiger partial charge in [0.05, 0.1) is 12.4 Å². The van der Waals surface area contributed by atoms with Crippen LogP contribution in [-0.2, 0) is 23.6 Å². The van der Waals surface area contributed by atoms with Crippen molar-refractivity contribution in [3.63, 3.8) is 0 Å². The second-order valence-corrected chi connectivity index (χ2v) is 13.4. The maximum absolute atomic E-state index is 12.7. The lowest BCUT2D eigenvalue weighted by Crippen LogP contribution is -2.29. The Kier molecular flexibility index (Phi) is 13.0. The average Bonchev–Trinajstić information content (AvgIpc) is 3.79. The SMILES string of the molecule is C.Cc1ccc(-c2nn3c(C4CCOCC4)ncc3c(=O)n2C)cc1.Cc1ccc(B(O)O)cc1.Cn1c(Cl)nn2c(C3CCOCC3)ncc2c1=O. The molecule has 6 aromatic rings. The van der Waals surface area contributed by atoms with Crippen LogP contribution in [0.15, 0.2) is 70.5 Å². The molecule has 0 unspecified atom stereocenters. The molecule has 4 aromatic heterocycles. The van der Waals surface area contributed by atoms with Crippen molar-refractivity contribution in [2.45, 2.75) is 58.8 Å². The number of aromatic nitrogens is 8. The molecule has 0 atom stereocenters. The number of imidazole rings is 2. The Morgan fingerprint density at radius 1 is 0.698 bits per heavy atom. The molecule has 2 aromatic carbocycles. The van der Waals surface area contributed by atoms with Gasteiger partial charge in [-0.25, -0.2) is 19.0 Å². The van der Waals surface area contributed by atoms with E-state index in [1.807, 2.05) is 50.2 Å². The lowest BCUT2D eigenvalue weighted by atomic mass is 9.80. The summed E-state index contributed by atoms with van der Waals surface area (Å²) in [4.78, 5) is 33.6. The molecule has 53 heavy (non-hydrogen) atoms. The number of hydrogen-bond donors (Lipinski definition) is 2. The first-order valence-electron chi connectivity index (χ1n) is 17.2. The summed E-state index contributed by atoms with van der Waals surface area (Å²) in [7, 11) is 2.00. The Hall–Kier alpha value is -4.67. The monoisotopic (exact) mass is 744 g/mol. The lowest BCUT2D eigenvalue weighted by molar-refractivity contribution is 0.0831. The van der Waals surface area contributed by atoms with E-state index in [-0.39, 0.29) is 35.7 Å². The van der Waals surface area contributed by atoms with Gasteiger partial charge >= 0.3 is 7.12 Å². The summed E-state index contributed by atoms with van der Waals surface area (Å²) < 4.78 is 17.0. The quantitative estimate of drug-likeness (QED) is 0.255. The molecule has 6 heterocycles. The van der Waals surface area contributed by atoms with Crippen LogP contribution in [0, 0.1) is 13.8 Å². The zero-order valence-electron chi connectivity index (χ0n) is 29.6. The smallest absolute Gasteiger partial charge is 0.423 e. The van der Waals surface area contributed by atoms with Gasteiger partial charge < -0.3 is 19.5 Å². The van der Waals surface area contributed by atoms with E-state index >= 15 is 0 Å². The van der Waals surface area contributed by atoms with Crippen molar-refractivity contribution in [2.75, 3.05) is 26.4 Å². The molecular weight excluding hydrogens is 699 g/mol. The maximum Gasteiger partial charge on any atom is 0.488 e. The van der Waals surface area contributed by atoms with E-state index in [1.165, 1.54) is 10.1 Å². The first-order valence-corrected chi connectivity index (χ1v) is 17.6. The van der Waals surface area contributed by atoms with Gasteiger partial charge in [0.25, 0.3) is 11.1 Å². The van der Waals surface area contributed by atoms with Crippen molar-refractivity contribution in [2.24, 2.45) is 14.1 Å². The summed E-state index contributed by atoms with van der Waals surface area (Å²) in [5.74, 6) is 2.87. The van der Waals surface area contributed by atoms with Crippen molar-refractivity contribution < 1.29 is 19.5 Å². The van der Waals surface area contributed by atoms with Gasteiger partial charge in [-0.15, -0.1) is 10.2 Å². The van der Waals surface area contributed by atoms with Crippen LogP contribution in [0.5, 0.6) is 0 Å². The molecule has 14 nitrogen and oxygen atoms in total. The Labute approximate surface area is 312 Å². The van der Waals surface area contributed by atoms with Crippen LogP contribution < -0.4 is 16.6 Å². The molecule has 280 valence electrons. The van der Waals surface area contributed by atoms with E-state index in [1.54, 1.807) is 52.2 Å². The van der Waals surface area contributed by atoms with Gasteiger partial charge in [-0.05, 0) is 56.6 Å². The molecule has 0 radical (unpaired) electrons. The van der Waals surface area contributed by atoms with Crippen LogP contribution in [0.25, 0.3) is 22.4 Å². The number of benzene rings is 2. The van der Waals surface area contributed by atoms with Gasteiger partial charge in [0, 0.05) is 57.9 Å². The molecule has 0 amide bonds. The highest BCUT2D eigenvalue weighted by Crippen LogP contribution is 2.27. The van der Waals surface area contributed by atoms with Crippen LogP contribution >= 0.6 is 11.6 Å². The van der Waals surface area contributed by atoms with Gasteiger partial charge in [-0.1, -0.05) is 67.1 Å². The highest BCUT2D eigenvalue weighted by atomic mass is 35.5. The van der Waals surface area contributed by atoms with Crippen molar-refractivity contribution in [1.82, 2.24) is 38.3 Å².